The van der Waals surface area contributed by atoms with E-state index in [-0.39, 0.29) is 39.3 Å². The number of benzene rings is 2. The van der Waals surface area contributed by atoms with Gasteiger partial charge in [0, 0.05) is 13.0 Å². The lowest BCUT2D eigenvalue weighted by molar-refractivity contribution is -0.114. The van der Waals surface area contributed by atoms with E-state index in [1.807, 2.05) is 0 Å². The lowest BCUT2D eigenvalue weighted by Crippen LogP contribution is -2.30. The van der Waals surface area contributed by atoms with Crippen LogP contribution in [0.2, 0.25) is 0 Å². The third-order valence-electron chi connectivity index (χ3n) is 4.80. The van der Waals surface area contributed by atoms with Gasteiger partial charge in [-0.15, -0.1) is 0 Å². The van der Waals surface area contributed by atoms with E-state index >= 15 is 0 Å². The first-order valence-corrected chi connectivity index (χ1v) is 10.0. The molecule has 2 aromatic carbocycles. The molecule has 0 saturated carbocycles. The molecule has 0 unspecified atom stereocenters. The number of ether oxygens (including phenoxy) is 2. The monoisotopic (exact) mass is 497 g/mol. The van der Waals surface area contributed by atoms with Crippen molar-refractivity contribution in [1.29, 1.82) is 0 Å². The Hall–Kier alpha value is -5.27. The summed E-state index contributed by atoms with van der Waals surface area (Å²) >= 11 is 0. The van der Waals surface area contributed by atoms with Gasteiger partial charge in [0.1, 0.15) is 5.75 Å². The summed E-state index contributed by atoms with van der Waals surface area (Å²) in [6.07, 6.45) is 0. The molecule has 0 atom stereocenters. The van der Waals surface area contributed by atoms with Crippen LogP contribution < -0.4 is 26.6 Å². The molecule has 0 aliphatic heterocycles. The minimum atomic E-state index is -1.36. The molecule has 3 aromatic rings. The van der Waals surface area contributed by atoms with Crippen molar-refractivity contribution in [2.75, 3.05) is 25.0 Å². The van der Waals surface area contributed by atoms with Crippen molar-refractivity contribution >= 4 is 51.7 Å². The van der Waals surface area contributed by atoms with Crippen molar-refractivity contribution in [3.05, 3.63) is 62.2 Å². The molecule has 1 aromatic heterocycles. The molecule has 1 heterocycles. The number of H-pyrrole nitrogens is 2. The predicted molar refractivity (Wildman–Crippen MR) is 127 cm³/mol. The maximum absolute atomic E-state index is 12.9. The molecule has 0 radical (unpaired) electrons. The number of carboxylic acid groups (broad SMARTS) is 1. The van der Waals surface area contributed by atoms with Gasteiger partial charge in [-0.05, 0) is 24.3 Å². The Bertz CT molecular complexity index is 1550. The van der Waals surface area contributed by atoms with Crippen LogP contribution in [0.4, 0.5) is 11.4 Å². The average molecular weight is 497 g/mol. The van der Waals surface area contributed by atoms with Gasteiger partial charge in [0.15, 0.2) is 11.5 Å². The highest BCUT2D eigenvalue weighted by molar-refractivity contribution is 6.67. The molecule has 14 nitrogen and oxygen atoms in total. The van der Waals surface area contributed by atoms with Gasteiger partial charge in [0.2, 0.25) is 0 Å². The molecule has 186 valence electrons. The molecule has 36 heavy (non-hydrogen) atoms. The fourth-order valence-electron chi connectivity index (χ4n) is 3.07. The zero-order valence-corrected chi connectivity index (χ0v) is 19.0. The van der Waals surface area contributed by atoms with Crippen LogP contribution in [0.15, 0.2) is 45.0 Å². The van der Waals surface area contributed by atoms with Crippen LogP contribution in [0.5, 0.6) is 5.75 Å². The van der Waals surface area contributed by atoms with Gasteiger partial charge >= 0.3 is 23.1 Å². The number of carbonyl (C=O) groups is 4. The molecule has 0 aliphatic rings. The summed E-state index contributed by atoms with van der Waals surface area (Å²) in [5.41, 5.74) is -0.145. The number of rotatable bonds is 8. The summed E-state index contributed by atoms with van der Waals surface area (Å²) in [7, 11) is 2.44. The number of aromatic carboxylic acids is 1. The number of ketones is 1. The molecule has 14 heteroatoms. The Kier molecular flexibility index (Phi) is 7.28. The van der Waals surface area contributed by atoms with E-state index in [1.54, 1.807) is 0 Å². The number of hydrogen-bond acceptors (Lipinski definition) is 10. The second-order valence-corrected chi connectivity index (χ2v) is 7.15. The number of aromatic nitrogens is 2. The summed E-state index contributed by atoms with van der Waals surface area (Å²) < 4.78 is 9.81. The zero-order valence-electron chi connectivity index (χ0n) is 19.0. The number of hydrazone groups is 1. The second kappa shape index (κ2) is 10.3. The lowest BCUT2D eigenvalue weighted by atomic mass is 10.1. The van der Waals surface area contributed by atoms with E-state index in [0.717, 1.165) is 26.2 Å². The first-order chi connectivity index (χ1) is 17.0. The van der Waals surface area contributed by atoms with Crippen molar-refractivity contribution < 1.29 is 33.8 Å². The van der Waals surface area contributed by atoms with Crippen molar-refractivity contribution in [3.63, 3.8) is 0 Å². The highest BCUT2D eigenvalue weighted by Crippen LogP contribution is 2.28. The summed E-state index contributed by atoms with van der Waals surface area (Å²) in [5.74, 6) is -3.79. The number of fused-ring (bicyclic) bond motifs is 1. The van der Waals surface area contributed by atoms with Gasteiger partial charge in [0.25, 0.3) is 5.91 Å². The fraction of sp³-hybridized carbons (Fsp3) is 0.136. The van der Waals surface area contributed by atoms with E-state index in [2.05, 4.69) is 30.5 Å². The topological polar surface area (TPSA) is 209 Å². The van der Waals surface area contributed by atoms with Crippen molar-refractivity contribution in [3.8, 4) is 5.75 Å². The van der Waals surface area contributed by atoms with Gasteiger partial charge < -0.3 is 29.9 Å². The van der Waals surface area contributed by atoms with Gasteiger partial charge in [0.05, 0.1) is 47.8 Å². The van der Waals surface area contributed by atoms with E-state index in [4.69, 9.17) is 4.74 Å². The molecule has 0 bridgehead atoms. The molecule has 5 N–H and O–H groups in total. The second-order valence-electron chi connectivity index (χ2n) is 7.15. The van der Waals surface area contributed by atoms with Crippen molar-refractivity contribution in [2.24, 2.45) is 5.10 Å². The summed E-state index contributed by atoms with van der Waals surface area (Å²) in [5, 5.41) is 15.6. The van der Waals surface area contributed by atoms with E-state index in [0.29, 0.717) is 0 Å². The van der Waals surface area contributed by atoms with Crippen LogP contribution in [0, 0.1) is 0 Å². The van der Waals surface area contributed by atoms with Crippen LogP contribution in [-0.2, 0) is 14.3 Å². The lowest BCUT2D eigenvalue weighted by Gasteiger charge is -2.12. The maximum atomic E-state index is 12.9. The fourth-order valence-corrected chi connectivity index (χ4v) is 3.07. The Balaban J connectivity index is 1.98. The molecular formula is C22H19N5O9. The molecule has 1 amide bonds. The van der Waals surface area contributed by atoms with Crippen LogP contribution >= 0.6 is 0 Å². The van der Waals surface area contributed by atoms with E-state index < -0.39 is 40.5 Å². The van der Waals surface area contributed by atoms with Crippen molar-refractivity contribution in [2.45, 2.75) is 6.92 Å². The average Bonchev–Trinajstić information content (AvgIpc) is 2.83. The quantitative estimate of drug-likeness (QED) is 0.0967. The number of nitrogens with zero attached hydrogens (tertiary/aromatic N) is 1. The molecule has 0 aliphatic carbocycles. The highest BCUT2D eigenvalue weighted by atomic mass is 16.5. The molecule has 0 saturated heterocycles. The Labute approximate surface area is 200 Å². The normalized spacial score (nSPS) is 11.0. The van der Waals surface area contributed by atoms with Crippen LogP contribution in [0.25, 0.3) is 11.0 Å². The van der Waals surface area contributed by atoms with E-state index in [9.17, 15) is 33.9 Å². The molecule has 3 rings (SSSR count). The molecule has 0 spiro atoms. The van der Waals surface area contributed by atoms with Gasteiger partial charge in [-0.25, -0.2) is 9.59 Å². The first kappa shape index (κ1) is 25.4. The number of amides is 1. The standard InChI is InChI=1S/C22H19N5O9/c1-9(28)17(27-26-12-6-10(22(34)36-3)4-5-11(12)21(32)33)18(29)25-15-7-13-14(8-16(15)35-2)24-20(31)19(30)23-13/h4-8,26H,1-3H3,(H,23,30)(H,24,31)(H,25,29)(H,32,33)/b27-17-. The van der Waals surface area contributed by atoms with Crippen LogP contribution in [-0.4, -0.2) is 58.6 Å². The zero-order chi connectivity index (χ0) is 26.6. The Morgan fingerprint density at radius 1 is 0.944 bits per heavy atom. The number of anilines is 2. The highest BCUT2D eigenvalue weighted by Gasteiger charge is 2.21. The predicted octanol–water partition coefficient (Wildman–Crippen LogP) is 0.705. The minimum absolute atomic E-state index is 0.00182. The number of aromatic amines is 2. The number of carboxylic acids is 1. The van der Waals surface area contributed by atoms with Crippen molar-refractivity contribution in [1.82, 2.24) is 9.97 Å². The Morgan fingerprint density at radius 3 is 2.14 bits per heavy atom. The first-order valence-electron chi connectivity index (χ1n) is 10.0. The molecular weight excluding hydrogens is 478 g/mol. The number of hydrogen-bond donors (Lipinski definition) is 5. The SMILES string of the molecule is COC(=O)c1ccc(C(=O)O)c(N/N=C(/C(C)=O)C(=O)Nc2cc3[nH]c(=O)c(=O)[nH]c3cc2OC)c1. The summed E-state index contributed by atoms with van der Waals surface area (Å²) in [6, 6.07) is 6.15. The summed E-state index contributed by atoms with van der Waals surface area (Å²) in [4.78, 5) is 76.2. The number of nitrogens with one attached hydrogen (secondary N) is 4. The Morgan fingerprint density at radius 2 is 1.58 bits per heavy atom. The number of esters is 1. The number of Topliss-reactive ketones (excluding diaryl/α,β-unsaturated/α-hetero) is 1. The van der Waals surface area contributed by atoms with Gasteiger partial charge in [-0.1, -0.05) is 0 Å². The summed E-state index contributed by atoms with van der Waals surface area (Å²) in [6.45, 7) is 1.06. The van der Waals surface area contributed by atoms with Crippen LogP contribution in [0.3, 0.4) is 0 Å². The van der Waals surface area contributed by atoms with Crippen LogP contribution in [0.1, 0.15) is 27.6 Å². The van der Waals surface area contributed by atoms with Gasteiger partial charge in [-0.3, -0.25) is 24.6 Å². The third-order valence-corrected chi connectivity index (χ3v) is 4.80. The molecule has 0 fully saturated rings. The smallest absolute Gasteiger partial charge is 0.337 e. The largest absolute Gasteiger partial charge is 0.494 e. The number of carbonyl (C=O) groups excluding carboxylic acids is 3. The third kappa shape index (κ3) is 5.27. The number of methoxy groups -OCH3 is 2. The maximum Gasteiger partial charge on any atom is 0.337 e. The van der Waals surface area contributed by atoms with Gasteiger partial charge in [-0.2, -0.15) is 5.10 Å². The van der Waals surface area contributed by atoms with E-state index in [1.165, 1.54) is 25.3 Å². The minimum Gasteiger partial charge on any atom is -0.494 e.